The molecule has 0 saturated carbocycles. The Morgan fingerprint density at radius 1 is 1.11 bits per heavy atom. The molecule has 1 heterocycles. The number of rotatable bonds is 2. The summed E-state index contributed by atoms with van der Waals surface area (Å²) in [6, 6.07) is 8.88. The first-order valence-corrected chi connectivity index (χ1v) is 6.35. The summed E-state index contributed by atoms with van der Waals surface area (Å²) < 4.78 is 3.35. The average Bonchev–Trinajstić information content (AvgIpc) is 2.41. The normalized spacial score (nSPS) is 11.1. The van der Waals surface area contributed by atoms with Crippen LogP contribution in [0.3, 0.4) is 0 Å². The van der Waals surface area contributed by atoms with Crippen LogP contribution in [0.4, 0.5) is 5.82 Å². The topological polar surface area (TPSA) is 56.4 Å². The van der Waals surface area contributed by atoms with Gasteiger partial charge in [0.2, 0.25) is 0 Å². The predicted molar refractivity (Wildman–Crippen MR) is 78.3 cm³/mol. The molecule has 0 radical (unpaired) electrons. The minimum atomic E-state index is -0.393. The Kier molecular flexibility index (Phi) is 3.80. The van der Waals surface area contributed by atoms with E-state index < -0.39 is 5.69 Å². The van der Waals surface area contributed by atoms with Gasteiger partial charge >= 0.3 is 5.69 Å². The Labute approximate surface area is 118 Å². The van der Waals surface area contributed by atoms with Crippen molar-refractivity contribution in [1.29, 1.82) is 0 Å². The zero-order chi connectivity index (χ0) is 14.0. The van der Waals surface area contributed by atoms with Crippen molar-refractivity contribution in [3.05, 3.63) is 61.2 Å². The summed E-state index contributed by atoms with van der Waals surface area (Å²) in [7, 11) is 3.02. The molecule has 1 aromatic carbocycles. The summed E-state index contributed by atoms with van der Waals surface area (Å²) in [5, 5.41) is 0. The van der Waals surface area contributed by atoms with Crippen molar-refractivity contribution >= 4 is 28.0 Å². The van der Waals surface area contributed by atoms with E-state index in [0.717, 1.165) is 14.6 Å². The fourth-order valence-electron chi connectivity index (χ4n) is 1.53. The molecular formula is C13H12BrN3O2. The molecular weight excluding hydrogens is 310 g/mol. The predicted octanol–water partition coefficient (Wildman–Crippen LogP) is 1.60. The monoisotopic (exact) mass is 321 g/mol. The summed E-state index contributed by atoms with van der Waals surface area (Å²) in [6.45, 7) is 0. The van der Waals surface area contributed by atoms with Crippen molar-refractivity contribution in [3.8, 4) is 0 Å². The number of nitrogens with zero attached hydrogens (tertiary/aromatic N) is 3. The van der Waals surface area contributed by atoms with Crippen molar-refractivity contribution in [3.63, 3.8) is 0 Å². The Morgan fingerprint density at radius 2 is 1.74 bits per heavy atom. The summed E-state index contributed by atoms with van der Waals surface area (Å²) >= 11 is 3.35. The maximum absolute atomic E-state index is 11.7. The van der Waals surface area contributed by atoms with Gasteiger partial charge in [0.1, 0.15) is 5.82 Å². The van der Waals surface area contributed by atoms with Gasteiger partial charge in [-0.2, -0.15) is 0 Å². The fraction of sp³-hybridized carbons (Fsp3) is 0.154. The van der Waals surface area contributed by atoms with Gasteiger partial charge in [-0.05, 0) is 17.7 Å². The third kappa shape index (κ3) is 2.90. The molecule has 0 amide bonds. The van der Waals surface area contributed by atoms with Crippen molar-refractivity contribution in [2.45, 2.75) is 0 Å². The molecule has 1 aromatic heterocycles. The van der Waals surface area contributed by atoms with Gasteiger partial charge in [0.05, 0.1) is 0 Å². The second kappa shape index (κ2) is 5.36. The van der Waals surface area contributed by atoms with Gasteiger partial charge in [-0.25, -0.2) is 9.79 Å². The molecule has 0 atom stereocenters. The van der Waals surface area contributed by atoms with Gasteiger partial charge in [-0.3, -0.25) is 13.9 Å². The maximum atomic E-state index is 11.7. The number of aromatic nitrogens is 2. The largest absolute Gasteiger partial charge is 0.332 e. The quantitative estimate of drug-likeness (QED) is 0.789. The third-order valence-electron chi connectivity index (χ3n) is 2.72. The smallest absolute Gasteiger partial charge is 0.281 e. The molecule has 0 spiro atoms. The molecule has 5 nitrogen and oxygen atoms in total. The lowest BCUT2D eigenvalue weighted by Gasteiger charge is -2.04. The molecule has 19 heavy (non-hydrogen) atoms. The van der Waals surface area contributed by atoms with E-state index in [1.807, 2.05) is 24.3 Å². The second-order valence-electron chi connectivity index (χ2n) is 4.05. The molecule has 0 bridgehead atoms. The van der Waals surface area contributed by atoms with Crippen molar-refractivity contribution < 1.29 is 0 Å². The number of aliphatic imine (C=N–C) groups is 1. The molecule has 98 valence electrons. The van der Waals surface area contributed by atoms with Crippen LogP contribution < -0.4 is 11.2 Å². The van der Waals surface area contributed by atoms with Crippen LogP contribution in [0.25, 0.3) is 0 Å². The van der Waals surface area contributed by atoms with Crippen LogP contribution >= 0.6 is 15.9 Å². The van der Waals surface area contributed by atoms with E-state index in [4.69, 9.17) is 0 Å². The molecule has 0 unspecified atom stereocenters. The van der Waals surface area contributed by atoms with Crippen LogP contribution in [-0.2, 0) is 14.1 Å². The van der Waals surface area contributed by atoms with Gasteiger partial charge in [0.25, 0.3) is 5.56 Å². The number of benzene rings is 1. The minimum absolute atomic E-state index is 0.330. The lowest BCUT2D eigenvalue weighted by Crippen LogP contribution is -2.35. The zero-order valence-electron chi connectivity index (χ0n) is 10.5. The minimum Gasteiger partial charge on any atom is -0.281 e. The lowest BCUT2D eigenvalue weighted by molar-refractivity contribution is 0.689. The van der Waals surface area contributed by atoms with E-state index in [1.165, 1.54) is 17.7 Å². The van der Waals surface area contributed by atoms with Crippen LogP contribution in [0.2, 0.25) is 0 Å². The first-order chi connectivity index (χ1) is 8.99. The van der Waals surface area contributed by atoms with Gasteiger partial charge in [0, 0.05) is 30.8 Å². The Hall–Kier alpha value is -1.95. The van der Waals surface area contributed by atoms with Crippen molar-refractivity contribution in [2.24, 2.45) is 19.1 Å². The van der Waals surface area contributed by atoms with Crippen LogP contribution in [0.5, 0.6) is 0 Å². The van der Waals surface area contributed by atoms with Crippen LogP contribution in [-0.4, -0.2) is 15.3 Å². The SMILES string of the molecule is Cn1c(/N=C/c2ccc(Br)cc2)cc(=O)n(C)c1=O. The fourth-order valence-corrected chi connectivity index (χ4v) is 1.80. The zero-order valence-corrected chi connectivity index (χ0v) is 12.1. The summed E-state index contributed by atoms with van der Waals surface area (Å²) in [5.41, 5.74) is 0.123. The van der Waals surface area contributed by atoms with E-state index >= 15 is 0 Å². The Bertz CT molecular complexity index is 742. The highest BCUT2D eigenvalue weighted by atomic mass is 79.9. The molecule has 2 rings (SSSR count). The molecule has 0 N–H and O–H groups in total. The average molecular weight is 322 g/mol. The van der Waals surface area contributed by atoms with Crippen molar-refractivity contribution in [2.75, 3.05) is 0 Å². The number of hydrogen-bond acceptors (Lipinski definition) is 3. The van der Waals surface area contributed by atoms with Crippen LogP contribution in [0.1, 0.15) is 5.56 Å². The molecule has 0 saturated heterocycles. The van der Waals surface area contributed by atoms with E-state index in [9.17, 15) is 9.59 Å². The maximum Gasteiger partial charge on any atom is 0.332 e. The highest BCUT2D eigenvalue weighted by molar-refractivity contribution is 9.10. The number of hydrogen-bond donors (Lipinski definition) is 0. The molecule has 0 fully saturated rings. The van der Waals surface area contributed by atoms with Gasteiger partial charge in [0.15, 0.2) is 0 Å². The van der Waals surface area contributed by atoms with Crippen molar-refractivity contribution in [1.82, 2.24) is 9.13 Å². The molecule has 2 aromatic rings. The first kappa shape index (κ1) is 13.5. The van der Waals surface area contributed by atoms with Crippen LogP contribution in [0.15, 0.2) is 49.4 Å². The van der Waals surface area contributed by atoms with Crippen LogP contribution in [0, 0.1) is 0 Å². The molecule has 0 aliphatic heterocycles. The first-order valence-electron chi connectivity index (χ1n) is 5.56. The lowest BCUT2D eigenvalue weighted by atomic mass is 10.2. The highest BCUT2D eigenvalue weighted by Crippen LogP contribution is 2.10. The van der Waals surface area contributed by atoms with E-state index in [-0.39, 0.29) is 5.56 Å². The van der Waals surface area contributed by atoms with Gasteiger partial charge in [-0.15, -0.1) is 0 Å². The van der Waals surface area contributed by atoms with E-state index in [2.05, 4.69) is 20.9 Å². The van der Waals surface area contributed by atoms with Gasteiger partial charge < -0.3 is 0 Å². The van der Waals surface area contributed by atoms with E-state index in [0.29, 0.717) is 5.82 Å². The molecule has 0 aliphatic carbocycles. The Morgan fingerprint density at radius 3 is 2.37 bits per heavy atom. The molecule has 6 heteroatoms. The standard InChI is InChI=1S/C13H12BrN3O2/c1-16-11(7-12(18)17(2)13(16)19)15-8-9-3-5-10(14)6-4-9/h3-8H,1-2H3/b15-8+. The third-order valence-corrected chi connectivity index (χ3v) is 3.25. The Balaban J connectivity index is 2.42. The summed E-state index contributed by atoms with van der Waals surface area (Å²) in [6.07, 6.45) is 1.61. The summed E-state index contributed by atoms with van der Waals surface area (Å²) in [4.78, 5) is 27.4. The van der Waals surface area contributed by atoms with E-state index in [1.54, 1.807) is 13.3 Å². The second-order valence-corrected chi connectivity index (χ2v) is 4.97. The number of halogens is 1. The summed E-state index contributed by atoms with van der Waals surface area (Å²) in [5.74, 6) is 0.330. The highest BCUT2D eigenvalue weighted by Gasteiger charge is 2.03. The molecule has 0 aliphatic rings. The van der Waals surface area contributed by atoms with Gasteiger partial charge in [-0.1, -0.05) is 28.1 Å².